The summed E-state index contributed by atoms with van der Waals surface area (Å²) in [5, 5.41) is 4.23. The second kappa shape index (κ2) is 6.34. The van der Waals surface area contributed by atoms with Gasteiger partial charge in [0.2, 0.25) is 0 Å². The van der Waals surface area contributed by atoms with E-state index in [-0.39, 0.29) is 29.5 Å². The average molecular weight is 317 g/mol. The van der Waals surface area contributed by atoms with E-state index in [0.29, 0.717) is 0 Å². The lowest BCUT2D eigenvalue weighted by Gasteiger charge is -2.31. The van der Waals surface area contributed by atoms with E-state index in [4.69, 9.17) is 9.57 Å². The SMILES string of the molecule is CC(C)(C)C1=NOC(C(C)(C)C)C1C(=O)OCc1ccccc1. The zero-order valence-corrected chi connectivity index (χ0v) is 14.9. The minimum absolute atomic E-state index is 0.201. The molecular formula is C19H27NO3. The summed E-state index contributed by atoms with van der Waals surface area (Å²) in [4.78, 5) is 18.4. The highest BCUT2D eigenvalue weighted by Gasteiger charge is 2.50. The number of carbonyl (C=O) groups is 1. The van der Waals surface area contributed by atoms with Gasteiger partial charge < -0.3 is 9.57 Å². The topological polar surface area (TPSA) is 47.9 Å². The molecule has 4 nitrogen and oxygen atoms in total. The van der Waals surface area contributed by atoms with Gasteiger partial charge in [-0.3, -0.25) is 4.79 Å². The molecule has 2 rings (SSSR count). The lowest BCUT2D eigenvalue weighted by atomic mass is 9.73. The summed E-state index contributed by atoms with van der Waals surface area (Å²) in [5.41, 5.74) is 1.29. The molecule has 126 valence electrons. The minimum Gasteiger partial charge on any atom is -0.460 e. The van der Waals surface area contributed by atoms with Crippen LogP contribution >= 0.6 is 0 Å². The van der Waals surface area contributed by atoms with Gasteiger partial charge in [-0.25, -0.2) is 0 Å². The minimum atomic E-state index is -0.460. The van der Waals surface area contributed by atoms with Crippen LogP contribution in [0.2, 0.25) is 0 Å². The van der Waals surface area contributed by atoms with Crippen LogP contribution in [-0.4, -0.2) is 17.8 Å². The van der Waals surface area contributed by atoms with Crippen LogP contribution in [0.15, 0.2) is 35.5 Å². The number of ether oxygens (including phenoxy) is 1. The van der Waals surface area contributed by atoms with Crippen molar-refractivity contribution < 1.29 is 14.4 Å². The van der Waals surface area contributed by atoms with E-state index in [1.165, 1.54) is 0 Å². The van der Waals surface area contributed by atoms with Gasteiger partial charge >= 0.3 is 5.97 Å². The van der Waals surface area contributed by atoms with Crippen LogP contribution in [-0.2, 0) is 21.0 Å². The van der Waals surface area contributed by atoms with Gasteiger partial charge in [0, 0.05) is 10.8 Å². The molecule has 0 saturated carbocycles. The molecule has 4 heteroatoms. The third kappa shape index (κ3) is 4.12. The van der Waals surface area contributed by atoms with E-state index in [0.717, 1.165) is 11.3 Å². The molecule has 1 aromatic rings. The largest absolute Gasteiger partial charge is 0.460 e. The first-order valence-electron chi connectivity index (χ1n) is 8.05. The molecule has 0 aliphatic carbocycles. The van der Waals surface area contributed by atoms with Crippen molar-refractivity contribution in [3.8, 4) is 0 Å². The quantitative estimate of drug-likeness (QED) is 0.785. The number of benzene rings is 1. The molecule has 0 saturated heterocycles. The normalized spacial score (nSPS) is 21.6. The Labute approximate surface area is 138 Å². The molecule has 1 heterocycles. The first-order chi connectivity index (χ1) is 10.6. The Balaban J connectivity index is 2.16. The Morgan fingerprint density at radius 1 is 1.13 bits per heavy atom. The Bertz CT molecular complexity index is 579. The highest BCUT2D eigenvalue weighted by atomic mass is 16.6. The summed E-state index contributed by atoms with van der Waals surface area (Å²) in [7, 11) is 0. The zero-order chi connectivity index (χ0) is 17.3. The predicted octanol–water partition coefficient (Wildman–Crippen LogP) is 4.19. The molecule has 2 unspecified atom stereocenters. The Morgan fingerprint density at radius 3 is 2.26 bits per heavy atom. The molecule has 2 atom stereocenters. The molecule has 0 fully saturated rings. The fourth-order valence-electron chi connectivity index (χ4n) is 2.69. The molecule has 0 bridgehead atoms. The first kappa shape index (κ1) is 17.5. The molecule has 23 heavy (non-hydrogen) atoms. The number of hydrogen-bond acceptors (Lipinski definition) is 4. The second-order valence-electron chi connectivity index (χ2n) is 8.19. The molecule has 0 spiro atoms. The predicted molar refractivity (Wildman–Crippen MR) is 90.9 cm³/mol. The molecule has 1 aromatic carbocycles. The number of oxime groups is 1. The number of esters is 1. The fourth-order valence-corrected chi connectivity index (χ4v) is 2.69. The summed E-state index contributed by atoms with van der Waals surface area (Å²) in [6, 6.07) is 9.69. The average Bonchev–Trinajstić information content (AvgIpc) is 2.91. The fraction of sp³-hybridized carbons (Fsp3) is 0.579. The zero-order valence-electron chi connectivity index (χ0n) is 14.9. The van der Waals surface area contributed by atoms with Gasteiger partial charge in [-0.15, -0.1) is 0 Å². The Kier molecular flexibility index (Phi) is 4.83. The highest BCUT2D eigenvalue weighted by Crippen LogP contribution is 2.39. The van der Waals surface area contributed by atoms with Crippen LogP contribution in [0.1, 0.15) is 47.1 Å². The van der Waals surface area contributed by atoms with Crippen molar-refractivity contribution in [3.63, 3.8) is 0 Å². The standard InChI is InChI=1S/C19H27NO3/c1-18(2,3)15-14(16(23-20-15)19(4,5)6)17(21)22-12-13-10-8-7-9-11-13/h7-11,14,16H,12H2,1-6H3. The smallest absolute Gasteiger partial charge is 0.319 e. The van der Waals surface area contributed by atoms with Crippen molar-refractivity contribution in [1.82, 2.24) is 0 Å². The van der Waals surface area contributed by atoms with Crippen molar-refractivity contribution in [2.45, 2.75) is 54.3 Å². The third-order valence-electron chi connectivity index (χ3n) is 3.96. The second-order valence-corrected chi connectivity index (χ2v) is 8.19. The molecule has 0 aromatic heterocycles. The van der Waals surface area contributed by atoms with Crippen LogP contribution in [0.25, 0.3) is 0 Å². The number of hydrogen-bond donors (Lipinski definition) is 0. The van der Waals surface area contributed by atoms with E-state index in [9.17, 15) is 4.79 Å². The summed E-state index contributed by atoms with van der Waals surface area (Å²) in [5.74, 6) is -0.723. The molecule has 0 amide bonds. The lowest BCUT2D eigenvalue weighted by Crippen LogP contribution is -2.43. The van der Waals surface area contributed by atoms with E-state index < -0.39 is 5.92 Å². The lowest BCUT2D eigenvalue weighted by molar-refractivity contribution is -0.153. The first-order valence-corrected chi connectivity index (χ1v) is 8.05. The summed E-state index contributed by atoms with van der Waals surface area (Å²) in [6.07, 6.45) is -0.306. The van der Waals surface area contributed by atoms with Crippen LogP contribution in [0.3, 0.4) is 0 Å². The molecule has 1 aliphatic heterocycles. The third-order valence-corrected chi connectivity index (χ3v) is 3.96. The van der Waals surface area contributed by atoms with Gasteiger partial charge in [0.15, 0.2) is 6.10 Å². The van der Waals surface area contributed by atoms with Gasteiger partial charge in [-0.05, 0) is 5.56 Å². The Morgan fingerprint density at radius 2 is 1.74 bits per heavy atom. The summed E-state index contributed by atoms with van der Waals surface area (Å²) in [6.45, 7) is 12.5. The maximum Gasteiger partial charge on any atom is 0.319 e. The van der Waals surface area contributed by atoms with Gasteiger partial charge in [0.05, 0.1) is 5.71 Å². The maximum atomic E-state index is 12.7. The van der Waals surface area contributed by atoms with Gasteiger partial charge in [-0.1, -0.05) is 77.0 Å². The molecule has 0 radical (unpaired) electrons. The van der Waals surface area contributed by atoms with Crippen molar-refractivity contribution in [2.75, 3.05) is 0 Å². The van der Waals surface area contributed by atoms with Crippen LogP contribution in [0.4, 0.5) is 0 Å². The van der Waals surface area contributed by atoms with Crippen molar-refractivity contribution in [1.29, 1.82) is 0 Å². The van der Waals surface area contributed by atoms with E-state index >= 15 is 0 Å². The van der Waals surface area contributed by atoms with E-state index in [2.05, 4.69) is 25.9 Å². The van der Waals surface area contributed by atoms with Gasteiger partial charge in [0.25, 0.3) is 0 Å². The number of rotatable bonds is 3. The van der Waals surface area contributed by atoms with Gasteiger partial charge in [-0.2, -0.15) is 0 Å². The van der Waals surface area contributed by atoms with Crippen molar-refractivity contribution in [2.24, 2.45) is 21.9 Å². The Hall–Kier alpha value is -1.84. The highest BCUT2D eigenvalue weighted by molar-refractivity contribution is 6.06. The number of carbonyl (C=O) groups excluding carboxylic acids is 1. The van der Waals surface area contributed by atoms with Crippen LogP contribution in [0, 0.1) is 16.7 Å². The van der Waals surface area contributed by atoms with Gasteiger partial charge in [0.1, 0.15) is 12.5 Å². The summed E-state index contributed by atoms with van der Waals surface area (Å²) >= 11 is 0. The maximum absolute atomic E-state index is 12.7. The van der Waals surface area contributed by atoms with Crippen molar-refractivity contribution >= 4 is 11.7 Å². The van der Waals surface area contributed by atoms with Crippen LogP contribution in [0.5, 0.6) is 0 Å². The van der Waals surface area contributed by atoms with Crippen molar-refractivity contribution in [3.05, 3.63) is 35.9 Å². The number of nitrogens with zero attached hydrogens (tertiary/aromatic N) is 1. The van der Waals surface area contributed by atoms with E-state index in [1.807, 2.05) is 51.1 Å². The molecule has 1 aliphatic rings. The monoisotopic (exact) mass is 317 g/mol. The molecule has 0 N–H and O–H groups in total. The van der Waals surface area contributed by atoms with Crippen LogP contribution < -0.4 is 0 Å². The van der Waals surface area contributed by atoms with E-state index in [1.54, 1.807) is 0 Å². The molecular weight excluding hydrogens is 290 g/mol. The summed E-state index contributed by atoms with van der Waals surface area (Å²) < 4.78 is 5.56.